The molecule has 2 aromatic heterocycles. The van der Waals surface area contributed by atoms with Gasteiger partial charge in [-0.15, -0.1) is 0 Å². The van der Waals surface area contributed by atoms with Crippen LogP contribution >= 0.6 is 0 Å². The van der Waals surface area contributed by atoms with Gasteiger partial charge in [0.05, 0.1) is 0 Å². The normalized spacial score (nSPS) is 29.1. The van der Waals surface area contributed by atoms with Crippen molar-refractivity contribution in [2.24, 2.45) is 5.73 Å². The summed E-state index contributed by atoms with van der Waals surface area (Å²) in [5, 5.41) is 21.4. The molecule has 25 heavy (non-hydrogen) atoms. The predicted octanol–water partition coefficient (Wildman–Crippen LogP) is -0.813. The number of nitrogens with zero attached hydrogens (tertiary/aromatic N) is 4. The standard InChI is InChI=1S/C14H22N6O4Se/c1-7(15)2-3-25(23)4-8-10(21)11(22)14(24-8)20-6-19-9-12(16)17-5-18-13(9)20/h5-8,10-11,14,21-22H,2-4,15H2,1H3,(H2,16,17,18)/t7-,8-,10+,11?,14-,25?/m1/s1. The number of hydrogen-bond acceptors (Lipinski definition) is 9. The first-order chi connectivity index (χ1) is 11.9. The minimum atomic E-state index is -2.20. The average molecular weight is 417 g/mol. The molecule has 1 aliphatic heterocycles. The molecular weight excluding hydrogens is 395 g/mol. The van der Waals surface area contributed by atoms with E-state index in [2.05, 4.69) is 15.0 Å². The molecule has 0 radical (unpaired) electrons. The maximum absolute atomic E-state index is 12.2. The van der Waals surface area contributed by atoms with E-state index >= 15 is 0 Å². The number of nitrogen functional groups attached to an aromatic ring is 1. The number of anilines is 1. The van der Waals surface area contributed by atoms with Crippen LogP contribution in [0.4, 0.5) is 5.82 Å². The van der Waals surface area contributed by atoms with Crippen LogP contribution < -0.4 is 11.5 Å². The Morgan fingerprint density at radius 3 is 2.84 bits per heavy atom. The van der Waals surface area contributed by atoms with E-state index in [9.17, 15) is 14.0 Å². The molecule has 0 saturated carbocycles. The van der Waals surface area contributed by atoms with Crippen molar-refractivity contribution in [1.29, 1.82) is 0 Å². The predicted molar refractivity (Wildman–Crippen MR) is 90.0 cm³/mol. The molecule has 3 heterocycles. The van der Waals surface area contributed by atoms with Crippen molar-refractivity contribution >= 4 is 30.8 Å². The molecular formula is C14H22N6O4Se. The first kappa shape index (κ1) is 18.3. The summed E-state index contributed by atoms with van der Waals surface area (Å²) in [4.78, 5) is 12.1. The van der Waals surface area contributed by atoms with E-state index in [1.807, 2.05) is 6.92 Å². The third-order valence-corrected chi connectivity index (χ3v) is 7.07. The van der Waals surface area contributed by atoms with Crippen LogP contribution in [-0.2, 0) is 8.57 Å². The molecule has 1 aliphatic rings. The van der Waals surface area contributed by atoms with E-state index in [0.717, 1.165) is 0 Å². The van der Waals surface area contributed by atoms with Gasteiger partial charge in [-0.2, -0.15) is 0 Å². The summed E-state index contributed by atoms with van der Waals surface area (Å²) in [6.45, 7) is 1.86. The Kier molecular flexibility index (Phi) is 5.42. The van der Waals surface area contributed by atoms with Gasteiger partial charge in [0.25, 0.3) is 0 Å². The molecule has 1 fully saturated rings. The molecule has 6 atom stereocenters. The number of aliphatic hydroxyl groups is 2. The summed E-state index contributed by atoms with van der Waals surface area (Å²) in [6, 6.07) is -0.0181. The monoisotopic (exact) mass is 418 g/mol. The fraction of sp³-hybridized carbons (Fsp3) is 0.643. The third-order valence-electron chi connectivity index (χ3n) is 4.15. The summed E-state index contributed by atoms with van der Waals surface area (Å²) < 4.78 is 19.5. The fourth-order valence-electron chi connectivity index (χ4n) is 2.74. The van der Waals surface area contributed by atoms with Crippen LogP contribution in [0.25, 0.3) is 11.2 Å². The summed E-state index contributed by atoms with van der Waals surface area (Å²) in [7, 11) is 0. The van der Waals surface area contributed by atoms with Gasteiger partial charge in [-0.3, -0.25) is 0 Å². The van der Waals surface area contributed by atoms with Crippen LogP contribution in [0.1, 0.15) is 19.6 Å². The third kappa shape index (κ3) is 3.71. The zero-order chi connectivity index (χ0) is 18.1. The van der Waals surface area contributed by atoms with Gasteiger partial charge in [0.2, 0.25) is 0 Å². The Labute approximate surface area is 148 Å². The zero-order valence-corrected chi connectivity index (χ0v) is 15.4. The quantitative estimate of drug-likeness (QED) is 0.440. The van der Waals surface area contributed by atoms with Gasteiger partial charge in [-0.25, -0.2) is 0 Å². The van der Waals surface area contributed by atoms with Crippen LogP contribution in [0.5, 0.6) is 0 Å². The average Bonchev–Trinajstić information content (AvgIpc) is 3.10. The van der Waals surface area contributed by atoms with Crippen molar-refractivity contribution < 1.29 is 18.8 Å². The van der Waals surface area contributed by atoms with E-state index in [-0.39, 0.29) is 17.2 Å². The number of aromatic nitrogens is 4. The van der Waals surface area contributed by atoms with Crippen molar-refractivity contribution in [2.45, 2.75) is 54.6 Å². The fourth-order valence-corrected chi connectivity index (χ4v) is 5.77. The van der Waals surface area contributed by atoms with E-state index in [1.165, 1.54) is 17.2 Å². The van der Waals surface area contributed by atoms with Crippen LogP contribution in [-0.4, -0.2) is 67.9 Å². The van der Waals surface area contributed by atoms with Crippen LogP contribution in [0.15, 0.2) is 12.7 Å². The van der Waals surface area contributed by atoms with E-state index in [1.54, 1.807) is 0 Å². The molecule has 2 aromatic rings. The molecule has 1 saturated heterocycles. The van der Waals surface area contributed by atoms with Gasteiger partial charge in [-0.1, -0.05) is 0 Å². The Hall–Kier alpha value is -1.49. The minimum absolute atomic E-state index is 0.0181. The first-order valence-corrected chi connectivity index (χ1v) is 11.1. The number of nitrogens with two attached hydrogens (primary N) is 2. The second-order valence-electron chi connectivity index (χ2n) is 6.21. The van der Waals surface area contributed by atoms with Gasteiger partial charge < -0.3 is 0 Å². The number of ether oxygens (including phenoxy) is 1. The number of imidazole rings is 1. The van der Waals surface area contributed by atoms with Crippen LogP contribution in [0.3, 0.4) is 0 Å². The molecule has 138 valence electrons. The first-order valence-electron chi connectivity index (χ1n) is 7.93. The van der Waals surface area contributed by atoms with Crippen molar-refractivity contribution in [3.05, 3.63) is 12.7 Å². The second kappa shape index (κ2) is 7.40. The van der Waals surface area contributed by atoms with Gasteiger partial charge >= 0.3 is 148 Å². The van der Waals surface area contributed by atoms with Gasteiger partial charge in [0, 0.05) is 0 Å². The second-order valence-corrected chi connectivity index (χ2v) is 9.61. The molecule has 0 aliphatic carbocycles. The van der Waals surface area contributed by atoms with Crippen molar-refractivity contribution in [3.8, 4) is 0 Å². The number of fused-ring (bicyclic) bond motifs is 1. The molecule has 6 N–H and O–H groups in total. The molecule has 0 bridgehead atoms. The van der Waals surface area contributed by atoms with Crippen LogP contribution in [0, 0.1) is 0 Å². The summed E-state index contributed by atoms with van der Waals surface area (Å²) in [5.74, 6) is 0.218. The summed E-state index contributed by atoms with van der Waals surface area (Å²) in [6.07, 6.45) is -0.550. The van der Waals surface area contributed by atoms with E-state index in [0.29, 0.717) is 22.9 Å². The van der Waals surface area contributed by atoms with Crippen molar-refractivity contribution in [2.75, 3.05) is 5.73 Å². The molecule has 11 heteroatoms. The molecule has 3 rings (SSSR count). The Morgan fingerprint density at radius 1 is 1.36 bits per heavy atom. The van der Waals surface area contributed by atoms with Gasteiger partial charge in [0.15, 0.2) is 0 Å². The zero-order valence-electron chi connectivity index (χ0n) is 13.7. The number of aliphatic hydroxyl groups excluding tert-OH is 2. The van der Waals surface area contributed by atoms with Crippen LogP contribution in [0.2, 0.25) is 10.6 Å². The molecule has 2 unspecified atom stereocenters. The van der Waals surface area contributed by atoms with Crippen molar-refractivity contribution in [3.63, 3.8) is 0 Å². The molecule has 0 spiro atoms. The molecule has 0 amide bonds. The Bertz CT molecular complexity index is 769. The van der Waals surface area contributed by atoms with Crippen molar-refractivity contribution in [1.82, 2.24) is 19.5 Å². The topological polar surface area (TPSA) is 162 Å². The Morgan fingerprint density at radius 2 is 2.12 bits per heavy atom. The van der Waals surface area contributed by atoms with Gasteiger partial charge in [-0.05, 0) is 0 Å². The SMILES string of the molecule is C[C@@H](N)CC[Se](=O)C[C@H]1O[C@@H](n2cnc3c(N)ncnc32)C(O)[C@H]1O. The summed E-state index contributed by atoms with van der Waals surface area (Å²) >= 11 is -2.20. The van der Waals surface area contributed by atoms with E-state index in [4.69, 9.17) is 16.2 Å². The molecule has 10 nitrogen and oxygen atoms in total. The molecule has 0 aromatic carbocycles. The van der Waals surface area contributed by atoms with Gasteiger partial charge in [0.1, 0.15) is 0 Å². The maximum atomic E-state index is 12.2. The van der Waals surface area contributed by atoms with E-state index < -0.39 is 38.4 Å². The number of hydrogen-bond donors (Lipinski definition) is 4. The Balaban J connectivity index is 1.75. The summed E-state index contributed by atoms with van der Waals surface area (Å²) in [5.41, 5.74) is 12.2. The number of rotatable bonds is 6.